The predicted octanol–water partition coefficient (Wildman–Crippen LogP) is 23.5. The molecule has 478 valence electrons. The van der Waals surface area contributed by atoms with E-state index in [4.69, 9.17) is 53.7 Å². The fourth-order valence-corrected chi connectivity index (χ4v) is 16.8. The van der Waals surface area contributed by atoms with Crippen LogP contribution in [0.3, 0.4) is 0 Å². The van der Waals surface area contributed by atoms with Crippen LogP contribution in [0.25, 0.3) is 202 Å². The van der Waals surface area contributed by atoms with Gasteiger partial charge in [0, 0.05) is 76.9 Å². The molecule has 15 heteroatoms. The van der Waals surface area contributed by atoms with Gasteiger partial charge < -0.3 is 13.4 Å². The highest BCUT2D eigenvalue weighted by Crippen LogP contribution is 2.45. The number of thiazole rings is 3. The number of nitrogens with zero attached hydrogens (tertiary/aromatic N) is 10. The van der Waals surface area contributed by atoms with Gasteiger partial charge in [-0.05, 0) is 84.9 Å². The normalized spacial score (nSPS) is 11.7. The number of fused-ring (bicyclic) bond motifs is 12. The molecule has 102 heavy (non-hydrogen) atoms. The number of rotatable bonds is 10. The van der Waals surface area contributed by atoms with Gasteiger partial charge in [-0.15, -0.1) is 34.0 Å². The van der Waals surface area contributed by atoms with E-state index in [1.165, 1.54) is 15.5 Å². The first-order valence-corrected chi connectivity index (χ1v) is 35.8. The zero-order valence-corrected chi connectivity index (χ0v) is 56.3. The van der Waals surface area contributed by atoms with E-state index in [9.17, 15) is 0 Å². The van der Waals surface area contributed by atoms with Gasteiger partial charge in [-0.3, -0.25) is 0 Å². The lowest BCUT2D eigenvalue weighted by molar-refractivity contribution is 0.669. The first-order chi connectivity index (χ1) is 50.5. The average Bonchev–Trinajstić information content (AvgIpc) is 1.60. The molecule has 0 aliphatic rings. The molecule has 8 aromatic heterocycles. The Hall–Kier alpha value is -13.1. The molecule has 0 amide bonds. The number of aromatic nitrogens is 10. The molecule has 0 saturated heterocycles. The largest absolute Gasteiger partial charge is 0.455 e. The van der Waals surface area contributed by atoms with Gasteiger partial charge in [0.15, 0.2) is 34.9 Å². The van der Waals surface area contributed by atoms with Gasteiger partial charge in [0.25, 0.3) is 0 Å². The van der Waals surface area contributed by atoms with Crippen LogP contribution in [0, 0.1) is 0 Å². The van der Waals surface area contributed by atoms with E-state index in [1.54, 1.807) is 34.0 Å². The highest BCUT2D eigenvalue weighted by atomic mass is 32.1. The number of para-hydroxylation sites is 7. The fourth-order valence-electron chi connectivity index (χ4n) is 13.8. The molecule has 0 aliphatic heterocycles. The molecule has 0 aliphatic carbocycles. The SMILES string of the molecule is c1ccc(-c2nc(-c3ccc(-c4nc5ccccc5s4)cc3)nc(-c3cccc4oc5c(-c6nc7ccccc7s6)cccc5c34)n2)cc1.c1ccc(-c2nc(-c3cccc(-n4c5ccccc5c5ccccc54)c3)nc(-c3cccc4oc5c(-c6nc7ccccc7s6)cccc5c34)n2)cc1. The van der Waals surface area contributed by atoms with E-state index < -0.39 is 0 Å². The lowest BCUT2D eigenvalue weighted by atomic mass is 10.0. The molecule has 0 spiro atoms. The van der Waals surface area contributed by atoms with Crippen molar-refractivity contribution in [1.82, 2.24) is 49.4 Å². The van der Waals surface area contributed by atoms with Gasteiger partial charge in [0.05, 0.1) is 52.8 Å². The van der Waals surface area contributed by atoms with Gasteiger partial charge in [0.1, 0.15) is 37.4 Å². The summed E-state index contributed by atoms with van der Waals surface area (Å²) in [6.07, 6.45) is 0. The third-order valence-corrected chi connectivity index (χ3v) is 21.8. The van der Waals surface area contributed by atoms with Crippen LogP contribution in [0.5, 0.6) is 0 Å². The number of hydrogen-bond donors (Lipinski definition) is 0. The van der Waals surface area contributed by atoms with Crippen molar-refractivity contribution in [3.05, 3.63) is 303 Å². The molecule has 13 aromatic carbocycles. The summed E-state index contributed by atoms with van der Waals surface area (Å²) in [5.41, 5.74) is 17.8. The molecule has 21 rings (SSSR count). The minimum Gasteiger partial charge on any atom is -0.455 e. The third-order valence-electron chi connectivity index (χ3n) is 18.5. The van der Waals surface area contributed by atoms with Crippen LogP contribution < -0.4 is 0 Å². The number of furan rings is 2. The van der Waals surface area contributed by atoms with E-state index in [-0.39, 0.29) is 0 Å². The quantitative estimate of drug-likeness (QED) is 0.129. The first-order valence-electron chi connectivity index (χ1n) is 33.3. The predicted molar refractivity (Wildman–Crippen MR) is 417 cm³/mol. The summed E-state index contributed by atoms with van der Waals surface area (Å²) < 4.78 is 19.0. The van der Waals surface area contributed by atoms with Crippen LogP contribution in [0.15, 0.2) is 312 Å². The Balaban J connectivity index is 0.000000137. The number of benzene rings is 13. The molecule has 8 heterocycles. The van der Waals surface area contributed by atoms with Gasteiger partial charge in [-0.25, -0.2) is 44.9 Å². The summed E-state index contributed by atoms with van der Waals surface area (Å²) in [6.45, 7) is 0. The van der Waals surface area contributed by atoms with Gasteiger partial charge in [-0.2, -0.15) is 0 Å². The Kier molecular flexibility index (Phi) is 14.1. The fraction of sp³-hybridized carbons (Fsp3) is 0. The minimum absolute atomic E-state index is 0.579. The standard InChI is InChI=1S/C46H27N5OS.C41H23N5OS2/c1-2-13-28(14-3-1)43-48-44(29-15-10-16-30(27-29)51-37-23-7-4-17-31(37)32-18-5-8-24-38(32)51)50-45(49-43)34-20-12-25-39-41(34)33-19-11-21-35(42(33)52-39)46-47-36-22-6-9-26-40(36)53-46;1-2-10-24(11-3-1)37-44-38(25-20-22-26(23-21-25)40-42-30-15-4-6-18-33(30)48-40)46-39(45-37)28-13-9-17-32-35(28)27-12-8-14-29(36(27)47-32)41-43-31-16-5-7-19-34(31)49-41/h1-27H;1-23H. The van der Waals surface area contributed by atoms with E-state index in [0.717, 1.165) is 152 Å². The van der Waals surface area contributed by atoms with Crippen molar-refractivity contribution in [2.24, 2.45) is 0 Å². The van der Waals surface area contributed by atoms with E-state index >= 15 is 0 Å². The molecule has 0 N–H and O–H groups in total. The van der Waals surface area contributed by atoms with Crippen molar-refractivity contribution < 1.29 is 8.83 Å². The van der Waals surface area contributed by atoms with Crippen LogP contribution >= 0.6 is 34.0 Å². The van der Waals surface area contributed by atoms with Crippen molar-refractivity contribution in [3.63, 3.8) is 0 Å². The molecule has 0 fully saturated rings. The molecular formula is C87H50N10O2S3. The van der Waals surface area contributed by atoms with Crippen molar-refractivity contribution in [3.8, 4) is 106 Å². The average molecular weight is 1360 g/mol. The number of hydrogen-bond acceptors (Lipinski definition) is 14. The van der Waals surface area contributed by atoms with Gasteiger partial charge >= 0.3 is 0 Å². The molecule has 0 unspecified atom stereocenters. The van der Waals surface area contributed by atoms with Crippen molar-refractivity contribution in [1.29, 1.82) is 0 Å². The topological polar surface area (TPSA) is 147 Å². The highest BCUT2D eigenvalue weighted by molar-refractivity contribution is 7.22. The summed E-state index contributed by atoms with van der Waals surface area (Å²) in [6, 6.07) is 103. The van der Waals surface area contributed by atoms with E-state index in [2.05, 4.69) is 168 Å². The smallest absolute Gasteiger partial charge is 0.164 e. The lowest BCUT2D eigenvalue weighted by Gasteiger charge is -2.12. The molecule has 0 saturated carbocycles. The zero-order valence-electron chi connectivity index (χ0n) is 53.9. The van der Waals surface area contributed by atoms with Crippen LogP contribution in [-0.4, -0.2) is 49.4 Å². The Morgan fingerprint density at radius 3 is 1.09 bits per heavy atom. The lowest BCUT2D eigenvalue weighted by Crippen LogP contribution is -2.01. The van der Waals surface area contributed by atoms with Gasteiger partial charge in [0.2, 0.25) is 0 Å². The zero-order chi connectivity index (χ0) is 67.2. The summed E-state index contributed by atoms with van der Waals surface area (Å²) in [5.74, 6) is 3.56. The maximum atomic E-state index is 6.65. The molecule has 21 aromatic rings. The Labute approximate surface area is 593 Å². The summed E-state index contributed by atoms with van der Waals surface area (Å²) in [7, 11) is 0. The monoisotopic (exact) mass is 1360 g/mol. The second-order valence-electron chi connectivity index (χ2n) is 24.7. The molecule has 0 atom stereocenters. The van der Waals surface area contributed by atoms with Crippen molar-refractivity contribution in [2.75, 3.05) is 0 Å². The molecular weight excluding hydrogens is 1310 g/mol. The molecule has 0 radical (unpaired) electrons. The molecule has 0 bridgehead atoms. The maximum absolute atomic E-state index is 6.65. The molecule has 12 nitrogen and oxygen atoms in total. The first kappa shape index (κ1) is 59.0. The van der Waals surface area contributed by atoms with Crippen LogP contribution in [0.1, 0.15) is 0 Å². The van der Waals surface area contributed by atoms with E-state index in [0.29, 0.717) is 34.9 Å². The van der Waals surface area contributed by atoms with Crippen LogP contribution in [0.4, 0.5) is 0 Å². The second-order valence-corrected chi connectivity index (χ2v) is 27.8. The summed E-state index contributed by atoms with van der Waals surface area (Å²) >= 11 is 5.03. The summed E-state index contributed by atoms with van der Waals surface area (Å²) in [5, 5.41) is 9.17. The Morgan fingerprint density at radius 2 is 0.598 bits per heavy atom. The second kappa shape index (κ2) is 24.4. The van der Waals surface area contributed by atoms with Crippen LogP contribution in [-0.2, 0) is 0 Å². The van der Waals surface area contributed by atoms with Crippen molar-refractivity contribution >= 4 is 130 Å². The van der Waals surface area contributed by atoms with Crippen LogP contribution in [0.2, 0.25) is 0 Å². The summed E-state index contributed by atoms with van der Waals surface area (Å²) in [4.78, 5) is 45.3. The third kappa shape index (κ3) is 10.3. The van der Waals surface area contributed by atoms with Crippen molar-refractivity contribution in [2.45, 2.75) is 0 Å². The minimum atomic E-state index is 0.579. The Morgan fingerprint density at radius 1 is 0.245 bits per heavy atom. The highest BCUT2D eigenvalue weighted by Gasteiger charge is 2.24. The van der Waals surface area contributed by atoms with Gasteiger partial charge in [-0.1, -0.05) is 218 Å². The van der Waals surface area contributed by atoms with E-state index in [1.807, 2.05) is 140 Å². The Bertz CT molecular complexity index is 6700. The maximum Gasteiger partial charge on any atom is 0.164 e.